The summed E-state index contributed by atoms with van der Waals surface area (Å²) in [7, 11) is 1.94. The highest BCUT2D eigenvalue weighted by molar-refractivity contribution is 6.07. The van der Waals surface area contributed by atoms with Gasteiger partial charge in [0.05, 0.1) is 30.6 Å². The van der Waals surface area contributed by atoms with Crippen LogP contribution >= 0.6 is 0 Å². The van der Waals surface area contributed by atoms with Gasteiger partial charge in [-0.2, -0.15) is 0 Å². The van der Waals surface area contributed by atoms with Crippen LogP contribution < -0.4 is 15.7 Å². The molecule has 5 rings (SSSR count). The fourth-order valence-corrected chi connectivity index (χ4v) is 4.27. The molecule has 11 nitrogen and oxygen atoms in total. The quantitative estimate of drug-likeness (QED) is 0.301. The van der Waals surface area contributed by atoms with E-state index in [1.807, 2.05) is 41.9 Å². The van der Waals surface area contributed by atoms with Crippen molar-refractivity contribution in [3.05, 3.63) is 83.8 Å². The molecule has 0 saturated heterocycles. The highest BCUT2D eigenvalue weighted by Crippen LogP contribution is 2.21. The molecule has 0 radical (unpaired) electrons. The molecular formula is C28H29N7O4. The first-order valence-corrected chi connectivity index (χ1v) is 12.6. The predicted molar refractivity (Wildman–Crippen MR) is 147 cm³/mol. The molecule has 1 amide bonds. The Morgan fingerprint density at radius 1 is 1.15 bits per heavy atom. The Bertz CT molecular complexity index is 1500. The van der Waals surface area contributed by atoms with Crippen LogP contribution in [0.1, 0.15) is 35.1 Å². The third-order valence-corrected chi connectivity index (χ3v) is 6.30. The SMILES string of the molecule is CCOC(=O)CCN(C(=O)c1ccc2c(c1)nc(CNc1ccc(C3=NCON3)cc1)n2C)c1ccccn1. The fraction of sp³-hybridized carbons (Fsp3) is 0.250. The van der Waals surface area contributed by atoms with Crippen molar-refractivity contribution in [2.75, 3.05) is 30.1 Å². The number of ether oxygens (including phenoxy) is 1. The summed E-state index contributed by atoms with van der Waals surface area (Å²) < 4.78 is 7.04. The number of fused-ring (bicyclic) bond motifs is 1. The second kappa shape index (κ2) is 11.7. The van der Waals surface area contributed by atoms with Crippen LogP contribution in [0.15, 0.2) is 71.9 Å². The van der Waals surface area contributed by atoms with Gasteiger partial charge in [0.15, 0.2) is 12.6 Å². The van der Waals surface area contributed by atoms with Gasteiger partial charge in [0.1, 0.15) is 11.6 Å². The number of aryl methyl sites for hydroxylation is 1. The molecule has 1 aliphatic rings. The lowest BCUT2D eigenvalue weighted by atomic mass is 10.1. The Labute approximate surface area is 225 Å². The summed E-state index contributed by atoms with van der Waals surface area (Å²) in [6.45, 7) is 3.00. The van der Waals surface area contributed by atoms with Crippen LogP contribution in [0.4, 0.5) is 11.5 Å². The standard InChI is InChI=1S/C28H29N7O4/c1-3-38-26(36)13-15-35(24-6-4-5-14-29-24)28(37)20-9-12-23-22(16-20)32-25(34(23)2)17-30-21-10-7-19(8-11-21)27-31-18-39-33-27/h4-12,14,16,30H,3,13,15,17-18H2,1-2H3,(H,31,33). The zero-order chi connectivity index (χ0) is 27.2. The van der Waals surface area contributed by atoms with E-state index < -0.39 is 0 Å². The number of aromatic nitrogens is 3. The topological polar surface area (TPSA) is 123 Å². The number of hydroxylamine groups is 1. The van der Waals surface area contributed by atoms with Gasteiger partial charge in [-0.1, -0.05) is 6.07 Å². The zero-order valence-corrected chi connectivity index (χ0v) is 21.8. The average Bonchev–Trinajstić information content (AvgIpc) is 3.61. The smallest absolute Gasteiger partial charge is 0.307 e. The van der Waals surface area contributed by atoms with Crippen molar-refractivity contribution < 1.29 is 19.2 Å². The third kappa shape index (κ3) is 5.88. The molecule has 0 fully saturated rings. The summed E-state index contributed by atoms with van der Waals surface area (Å²) in [6, 6.07) is 18.6. The van der Waals surface area contributed by atoms with Gasteiger partial charge in [-0.3, -0.25) is 19.3 Å². The van der Waals surface area contributed by atoms with Crippen LogP contribution in [-0.2, 0) is 28.0 Å². The van der Waals surface area contributed by atoms with Gasteiger partial charge < -0.3 is 14.6 Å². The first-order valence-electron chi connectivity index (χ1n) is 12.6. The maximum Gasteiger partial charge on any atom is 0.307 e. The van der Waals surface area contributed by atoms with Crippen LogP contribution in [-0.4, -0.2) is 52.1 Å². The number of benzene rings is 2. The predicted octanol–water partition coefficient (Wildman–Crippen LogP) is 3.42. The largest absolute Gasteiger partial charge is 0.466 e. The summed E-state index contributed by atoms with van der Waals surface area (Å²) in [5, 5.41) is 3.39. The summed E-state index contributed by atoms with van der Waals surface area (Å²) in [6.07, 6.45) is 1.68. The lowest BCUT2D eigenvalue weighted by Gasteiger charge is -2.21. The monoisotopic (exact) mass is 527 g/mol. The first-order chi connectivity index (χ1) is 19.0. The Balaban J connectivity index is 1.32. The van der Waals surface area contributed by atoms with E-state index in [9.17, 15) is 9.59 Å². The summed E-state index contributed by atoms with van der Waals surface area (Å²) >= 11 is 0. The number of amidine groups is 1. The van der Waals surface area contributed by atoms with E-state index in [0.29, 0.717) is 36.0 Å². The number of carbonyl (C=O) groups is 2. The van der Waals surface area contributed by atoms with E-state index in [1.165, 1.54) is 4.90 Å². The molecule has 11 heteroatoms. The first kappa shape index (κ1) is 25.9. The number of rotatable bonds is 10. The van der Waals surface area contributed by atoms with Gasteiger partial charge in [0.2, 0.25) is 0 Å². The molecule has 2 N–H and O–H groups in total. The van der Waals surface area contributed by atoms with Crippen LogP contribution in [0.5, 0.6) is 0 Å². The highest BCUT2D eigenvalue weighted by Gasteiger charge is 2.21. The van der Waals surface area contributed by atoms with Crippen LogP contribution in [0.2, 0.25) is 0 Å². The minimum Gasteiger partial charge on any atom is -0.466 e. The van der Waals surface area contributed by atoms with E-state index in [0.717, 1.165) is 22.6 Å². The number of esters is 1. The number of imidazole rings is 1. The molecule has 4 aromatic rings. The molecule has 39 heavy (non-hydrogen) atoms. The van der Waals surface area contributed by atoms with Crippen LogP contribution in [0.25, 0.3) is 11.0 Å². The molecule has 0 bridgehead atoms. The van der Waals surface area contributed by atoms with Crippen LogP contribution in [0.3, 0.4) is 0 Å². The maximum absolute atomic E-state index is 13.6. The molecule has 0 unspecified atom stereocenters. The Morgan fingerprint density at radius 3 is 2.72 bits per heavy atom. The summed E-state index contributed by atoms with van der Waals surface area (Å²) in [5.74, 6) is 1.36. The number of carbonyl (C=O) groups excluding carboxylic acids is 2. The summed E-state index contributed by atoms with van der Waals surface area (Å²) in [5.41, 5.74) is 6.73. The van der Waals surface area contributed by atoms with E-state index in [1.54, 1.807) is 43.5 Å². The Morgan fingerprint density at radius 2 is 2.00 bits per heavy atom. The van der Waals surface area contributed by atoms with E-state index >= 15 is 0 Å². The minimum atomic E-state index is -0.365. The molecule has 2 aromatic heterocycles. The van der Waals surface area contributed by atoms with E-state index in [2.05, 4.69) is 20.8 Å². The molecule has 0 aliphatic carbocycles. The second-order valence-corrected chi connectivity index (χ2v) is 8.80. The van der Waals surface area contributed by atoms with Crippen molar-refractivity contribution in [3.8, 4) is 0 Å². The number of aliphatic imine (C=N–C) groups is 1. The van der Waals surface area contributed by atoms with Crippen molar-refractivity contribution in [3.63, 3.8) is 0 Å². The van der Waals surface area contributed by atoms with Crippen molar-refractivity contribution in [1.29, 1.82) is 0 Å². The van der Waals surface area contributed by atoms with Crippen molar-refractivity contribution >= 4 is 40.3 Å². The highest BCUT2D eigenvalue weighted by atomic mass is 16.7. The lowest BCUT2D eigenvalue weighted by Crippen LogP contribution is -2.34. The Kier molecular flexibility index (Phi) is 7.78. The lowest BCUT2D eigenvalue weighted by molar-refractivity contribution is -0.142. The van der Waals surface area contributed by atoms with Crippen molar-refractivity contribution in [2.45, 2.75) is 19.9 Å². The normalized spacial score (nSPS) is 12.6. The number of anilines is 2. The van der Waals surface area contributed by atoms with E-state index in [4.69, 9.17) is 14.6 Å². The molecule has 2 aromatic carbocycles. The minimum absolute atomic E-state index is 0.0667. The number of nitrogens with one attached hydrogen (secondary N) is 2. The fourth-order valence-electron chi connectivity index (χ4n) is 4.27. The zero-order valence-electron chi connectivity index (χ0n) is 21.8. The molecule has 0 spiro atoms. The number of amides is 1. The van der Waals surface area contributed by atoms with Gasteiger partial charge >= 0.3 is 5.97 Å². The van der Waals surface area contributed by atoms with Crippen molar-refractivity contribution in [1.82, 2.24) is 20.0 Å². The second-order valence-electron chi connectivity index (χ2n) is 8.80. The maximum atomic E-state index is 13.6. The number of hydrogen-bond acceptors (Lipinski definition) is 9. The molecule has 0 saturated carbocycles. The number of nitrogens with zero attached hydrogens (tertiary/aromatic N) is 5. The van der Waals surface area contributed by atoms with Gasteiger partial charge in [-0.15, -0.1) is 0 Å². The van der Waals surface area contributed by atoms with Gasteiger partial charge in [0.25, 0.3) is 5.91 Å². The average molecular weight is 528 g/mol. The number of pyridine rings is 1. The molecule has 3 heterocycles. The molecule has 0 atom stereocenters. The summed E-state index contributed by atoms with van der Waals surface area (Å²) in [4.78, 5) is 45.4. The van der Waals surface area contributed by atoms with Crippen molar-refractivity contribution in [2.24, 2.45) is 12.0 Å². The molecular weight excluding hydrogens is 498 g/mol. The Hall–Kier alpha value is -4.77. The van der Waals surface area contributed by atoms with Gasteiger partial charge in [-0.25, -0.2) is 20.4 Å². The van der Waals surface area contributed by atoms with Gasteiger partial charge in [0, 0.05) is 36.6 Å². The molecule has 200 valence electrons. The van der Waals surface area contributed by atoms with E-state index in [-0.39, 0.29) is 31.4 Å². The van der Waals surface area contributed by atoms with Crippen LogP contribution in [0, 0.1) is 0 Å². The third-order valence-electron chi connectivity index (χ3n) is 6.30. The number of hydrogen-bond donors (Lipinski definition) is 2. The molecule has 1 aliphatic heterocycles. The van der Waals surface area contributed by atoms with Gasteiger partial charge in [-0.05, 0) is 61.5 Å².